The number of halogens is 1. The molecule has 0 aliphatic rings. The molecule has 3 aromatic carbocycles. The predicted molar refractivity (Wildman–Crippen MR) is 126 cm³/mol. The van der Waals surface area contributed by atoms with Crippen molar-refractivity contribution in [1.29, 1.82) is 0 Å². The summed E-state index contributed by atoms with van der Waals surface area (Å²) in [5.41, 5.74) is 4.91. The van der Waals surface area contributed by atoms with Gasteiger partial charge in [-0.3, -0.25) is 4.79 Å². The number of nitrogens with one attached hydrogen (secondary N) is 1. The monoisotopic (exact) mass is 477 g/mol. The van der Waals surface area contributed by atoms with Crippen molar-refractivity contribution in [3.8, 4) is 5.75 Å². The fourth-order valence-corrected chi connectivity index (χ4v) is 3.76. The molecule has 4 aromatic rings. The van der Waals surface area contributed by atoms with E-state index in [0.29, 0.717) is 25.3 Å². The Bertz CT molecular complexity index is 1220. The Balaban J connectivity index is 1.49. The minimum Gasteiger partial charge on any atom is -0.491 e. The van der Waals surface area contributed by atoms with Gasteiger partial charge in [-0.1, -0.05) is 40.2 Å². The van der Waals surface area contributed by atoms with Crippen molar-refractivity contribution in [1.82, 2.24) is 14.9 Å². The first-order valence-electron chi connectivity index (χ1n) is 10.2. The smallest absolute Gasteiger partial charge is 0.251 e. The van der Waals surface area contributed by atoms with Crippen LogP contribution in [0.4, 0.5) is 0 Å². The van der Waals surface area contributed by atoms with E-state index < -0.39 is 0 Å². The maximum absolute atomic E-state index is 12.5. The minimum absolute atomic E-state index is 0.127. The van der Waals surface area contributed by atoms with E-state index in [4.69, 9.17) is 9.72 Å². The number of imidazole rings is 1. The standard InChI is InChI=1S/C25H24BrN3O2/c1-17-6-5-9-23(18(17)2)31-15-14-29-22-8-4-3-7-21(22)28-24(29)16-27-25(30)19-10-12-20(26)13-11-19/h3-13H,14-16H2,1-2H3,(H,27,30). The zero-order valence-corrected chi connectivity index (χ0v) is 19.1. The summed E-state index contributed by atoms with van der Waals surface area (Å²) in [5, 5.41) is 2.98. The van der Waals surface area contributed by atoms with Gasteiger partial charge in [-0.2, -0.15) is 0 Å². The molecule has 0 unspecified atom stereocenters. The number of benzene rings is 3. The number of carbonyl (C=O) groups excluding carboxylic acids is 1. The van der Waals surface area contributed by atoms with E-state index in [-0.39, 0.29) is 5.91 Å². The first kappa shape index (κ1) is 21.1. The Morgan fingerprint density at radius 1 is 1.03 bits per heavy atom. The number of ether oxygens (including phenoxy) is 1. The van der Waals surface area contributed by atoms with Crippen molar-refractivity contribution in [3.63, 3.8) is 0 Å². The lowest BCUT2D eigenvalue weighted by Gasteiger charge is -2.13. The number of aromatic nitrogens is 2. The molecule has 1 aromatic heterocycles. The van der Waals surface area contributed by atoms with E-state index in [1.165, 1.54) is 5.56 Å². The molecule has 1 N–H and O–H groups in total. The normalized spacial score (nSPS) is 10.9. The SMILES string of the molecule is Cc1cccc(OCCn2c(CNC(=O)c3ccc(Br)cc3)nc3ccccc32)c1C. The molecule has 0 fully saturated rings. The van der Waals surface area contributed by atoms with Gasteiger partial charge < -0.3 is 14.6 Å². The minimum atomic E-state index is -0.127. The van der Waals surface area contributed by atoms with E-state index >= 15 is 0 Å². The molecule has 4 rings (SSSR count). The lowest BCUT2D eigenvalue weighted by molar-refractivity contribution is 0.0949. The molecule has 0 spiro atoms. The number of carbonyl (C=O) groups is 1. The van der Waals surface area contributed by atoms with Crippen LogP contribution in [0.3, 0.4) is 0 Å². The molecule has 31 heavy (non-hydrogen) atoms. The first-order chi connectivity index (χ1) is 15.0. The summed E-state index contributed by atoms with van der Waals surface area (Å²) < 4.78 is 9.11. The van der Waals surface area contributed by atoms with E-state index in [1.54, 1.807) is 12.1 Å². The number of hydrogen-bond acceptors (Lipinski definition) is 3. The molecule has 0 bridgehead atoms. The molecule has 5 nitrogen and oxygen atoms in total. The molecule has 0 radical (unpaired) electrons. The van der Waals surface area contributed by atoms with Crippen LogP contribution in [0, 0.1) is 13.8 Å². The maximum atomic E-state index is 12.5. The average molecular weight is 478 g/mol. The fourth-order valence-electron chi connectivity index (χ4n) is 3.50. The fraction of sp³-hybridized carbons (Fsp3) is 0.200. The second-order valence-electron chi connectivity index (χ2n) is 7.40. The van der Waals surface area contributed by atoms with Crippen LogP contribution in [0.2, 0.25) is 0 Å². The average Bonchev–Trinajstić information content (AvgIpc) is 3.13. The number of fused-ring (bicyclic) bond motifs is 1. The highest BCUT2D eigenvalue weighted by Crippen LogP contribution is 2.21. The van der Waals surface area contributed by atoms with Crippen molar-refractivity contribution in [2.24, 2.45) is 0 Å². The topological polar surface area (TPSA) is 56.1 Å². The Morgan fingerprint density at radius 2 is 1.81 bits per heavy atom. The summed E-state index contributed by atoms with van der Waals surface area (Å²) in [6, 6.07) is 21.4. The lowest BCUT2D eigenvalue weighted by atomic mass is 10.1. The van der Waals surface area contributed by atoms with Crippen LogP contribution in [-0.2, 0) is 13.1 Å². The number of nitrogens with zero attached hydrogens (tertiary/aromatic N) is 2. The molecule has 0 aliphatic carbocycles. The molecular formula is C25H24BrN3O2. The molecule has 0 aliphatic heterocycles. The third-order valence-corrected chi connectivity index (χ3v) is 5.90. The third kappa shape index (κ3) is 4.80. The number of rotatable bonds is 7. The zero-order valence-electron chi connectivity index (χ0n) is 17.6. The second kappa shape index (κ2) is 9.35. The van der Waals surface area contributed by atoms with Gasteiger partial charge in [0.2, 0.25) is 0 Å². The molecule has 0 atom stereocenters. The maximum Gasteiger partial charge on any atom is 0.251 e. The van der Waals surface area contributed by atoms with E-state index in [9.17, 15) is 4.79 Å². The van der Waals surface area contributed by atoms with Crippen molar-refractivity contribution >= 4 is 32.9 Å². The highest BCUT2D eigenvalue weighted by molar-refractivity contribution is 9.10. The van der Waals surface area contributed by atoms with Crippen LogP contribution >= 0.6 is 15.9 Å². The Morgan fingerprint density at radius 3 is 2.61 bits per heavy atom. The number of para-hydroxylation sites is 2. The van der Waals surface area contributed by atoms with Crippen LogP contribution in [0.25, 0.3) is 11.0 Å². The van der Waals surface area contributed by atoms with Gasteiger partial charge in [0.05, 0.1) is 24.1 Å². The molecule has 1 heterocycles. The van der Waals surface area contributed by atoms with Gasteiger partial charge in [0.25, 0.3) is 5.91 Å². The van der Waals surface area contributed by atoms with E-state index in [1.807, 2.05) is 48.5 Å². The molecule has 158 valence electrons. The Labute approximate surface area is 190 Å². The summed E-state index contributed by atoms with van der Waals surface area (Å²) >= 11 is 3.39. The zero-order chi connectivity index (χ0) is 21.8. The molecule has 0 saturated heterocycles. The van der Waals surface area contributed by atoms with Crippen LogP contribution in [0.5, 0.6) is 5.75 Å². The van der Waals surface area contributed by atoms with Gasteiger partial charge in [-0.15, -0.1) is 0 Å². The third-order valence-electron chi connectivity index (χ3n) is 5.37. The number of amides is 1. The van der Waals surface area contributed by atoms with Gasteiger partial charge in [0, 0.05) is 10.0 Å². The lowest BCUT2D eigenvalue weighted by Crippen LogP contribution is -2.25. The van der Waals surface area contributed by atoms with Crippen LogP contribution in [0.15, 0.2) is 71.2 Å². The van der Waals surface area contributed by atoms with Crippen molar-refractivity contribution in [2.45, 2.75) is 26.9 Å². The largest absolute Gasteiger partial charge is 0.491 e. The molecule has 6 heteroatoms. The van der Waals surface area contributed by atoms with E-state index in [2.05, 4.69) is 45.7 Å². The highest BCUT2D eigenvalue weighted by Gasteiger charge is 2.13. The van der Waals surface area contributed by atoms with E-state index in [0.717, 1.165) is 32.6 Å². The summed E-state index contributed by atoms with van der Waals surface area (Å²) in [4.78, 5) is 17.3. The summed E-state index contributed by atoms with van der Waals surface area (Å²) in [5.74, 6) is 1.57. The summed E-state index contributed by atoms with van der Waals surface area (Å²) in [6.07, 6.45) is 0. The summed E-state index contributed by atoms with van der Waals surface area (Å²) in [6.45, 7) is 5.64. The van der Waals surface area contributed by atoms with Crippen LogP contribution in [-0.4, -0.2) is 22.1 Å². The van der Waals surface area contributed by atoms with Gasteiger partial charge in [0.15, 0.2) is 0 Å². The highest BCUT2D eigenvalue weighted by atomic mass is 79.9. The molecule has 0 saturated carbocycles. The summed E-state index contributed by atoms with van der Waals surface area (Å²) in [7, 11) is 0. The predicted octanol–water partition coefficient (Wildman–Crippen LogP) is 5.42. The number of hydrogen-bond donors (Lipinski definition) is 1. The van der Waals surface area contributed by atoms with Gasteiger partial charge >= 0.3 is 0 Å². The quantitative estimate of drug-likeness (QED) is 0.386. The molecule has 1 amide bonds. The Kier molecular flexibility index (Phi) is 6.37. The number of aryl methyl sites for hydroxylation is 1. The van der Waals surface area contributed by atoms with Gasteiger partial charge in [-0.25, -0.2) is 4.98 Å². The van der Waals surface area contributed by atoms with Crippen LogP contribution < -0.4 is 10.1 Å². The van der Waals surface area contributed by atoms with Gasteiger partial charge in [0.1, 0.15) is 18.2 Å². The Hall–Kier alpha value is -3.12. The molecular weight excluding hydrogens is 454 g/mol. The van der Waals surface area contributed by atoms with Gasteiger partial charge in [-0.05, 0) is 67.4 Å². The second-order valence-corrected chi connectivity index (χ2v) is 8.32. The van der Waals surface area contributed by atoms with Crippen molar-refractivity contribution in [3.05, 3.63) is 93.7 Å². The van der Waals surface area contributed by atoms with Crippen molar-refractivity contribution < 1.29 is 9.53 Å². The first-order valence-corrected chi connectivity index (χ1v) is 11.0. The van der Waals surface area contributed by atoms with Crippen LogP contribution in [0.1, 0.15) is 27.3 Å². The van der Waals surface area contributed by atoms with Crippen molar-refractivity contribution in [2.75, 3.05) is 6.61 Å².